The van der Waals surface area contributed by atoms with Crippen molar-refractivity contribution in [3.63, 3.8) is 0 Å². The van der Waals surface area contributed by atoms with Crippen LogP contribution in [0, 0.1) is 0 Å². The van der Waals surface area contributed by atoms with E-state index in [4.69, 9.17) is 21.1 Å². The molecule has 1 aliphatic heterocycles. The molecule has 7 nitrogen and oxygen atoms in total. The van der Waals surface area contributed by atoms with E-state index in [1.54, 1.807) is 42.5 Å². The quantitative estimate of drug-likeness (QED) is 0.229. The van der Waals surface area contributed by atoms with Crippen LogP contribution in [0.4, 0.5) is 11.4 Å². The lowest BCUT2D eigenvalue weighted by atomic mass is 9.94. The van der Waals surface area contributed by atoms with Gasteiger partial charge in [-0.25, -0.2) is 0 Å². The van der Waals surface area contributed by atoms with Crippen LogP contribution in [0.3, 0.4) is 0 Å². The molecule has 3 aromatic rings. The number of carbonyl (C=O) groups is 2. The molecule has 0 radical (unpaired) electrons. The van der Waals surface area contributed by atoms with Crippen molar-refractivity contribution in [1.29, 1.82) is 0 Å². The number of carbonyl (C=O) groups excluding carboxylic acids is 2. The van der Waals surface area contributed by atoms with Crippen molar-refractivity contribution in [3.05, 3.63) is 88.5 Å². The van der Waals surface area contributed by atoms with Crippen molar-refractivity contribution in [3.8, 4) is 11.5 Å². The third-order valence-corrected chi connectivity index (χ3v) is 6.77. The Morgan fingerprint density at radius 1 is 0.946 bits per heavy atom. The highest BCUT2D eigenvalue weighted by Gasteiger charge is 2.47. The number of methoxy groups -OCH3 is 2. The Bertz CT molecular complexity index is 1330. The summed E-state index contributed by atoms with van der Waals surface area (Å²) in [6.07, 6.45) is 0. The van der Waals surface area contributed by atoms with Gasteiger partial charge >= 0.3 is 0 Å². The number of amides is 1. The Balaban J connectivity index is 1.97. The minimum atomic E-state index is -0.904. The molecular formula is C29H29ClN2O5. The SMILES string of the molecule is CCN(CC)c1ccc(C2/C(=C(\O)c3c(OC)cccc3OC)C(=O)C(=O)N2c2cccc(Cl)c2)cc1. The molecule has 1 fully saturated rings. The predicted octanol–water partition coefficient (Wildman–Crippen LogP) is 5.83. The van der Waals surface area contributed by atoms with Crippen LogP contribution < -0.4 is 19.3 Å². The van der Waals surface area contributed by atoms with Gasteiger partial charge < -0.3 is 19.5 Å². The first-order valence-corrected chi connectivity index (χ1v) is 12.4. The second kappa shape index (κ2) is 11.0. The number of anilines is 2. The predicted molar refractivity (Wildman–Crippen MR) is 146 cm³/mol. The molecule has 0 bridgehead atoms. The van der Waals surface area contributed by atoms with E-state index in [9.17, 15) is 14.7 Å². The van der Waals surface area contributed by atoms with Crippen molar-refractivity contribution in [2.45, 2.75) is 19.9 Å². The minimum Gasteiger partial charge on any atom is -0.506 e. The molecule has 0 aromatic heterocycles. The fourth-order valence-electron chi connectivity index (χ4n) is 4.72. The molecule has 3 aromatic carbocycles. The maximum Gasteiger partial charge on any atom is 0.300 e. The Labute approximate surface area is 221 Å². The molecule has 1 unspecified atom stereocenters. The summed E-state index contributed by atoms with van der Waals surface area (Å²) in [4.78, 5) is 30.5. The van der Waals surface area contributed by atoms with E-state index in [1.165, 1.54) is 19.1 Å². The molecule has 0 aliphatic carbocycles. The Morgan fingerprint density at radius 2 is 1.54 bits per heavy atom. The largest absolute Gasteiger partial charge is 0.506 e. The summed E-state index contributed by atoms with van der Waals surface area (Å²) in [5.74, 6) is -1.35. The summed E-state index contributed by atoms with van der Waals surface area (Å²) >= 11 is 6.24. The summed E-state index contributed by atoms with van der Waals surface area (Å²) in [6, 6.07) is 18.5. The van der Waals surface area contributed by atoms with Crippen molar-refractivity contribution in [1.82, 2.24) is 0 Å². The lowest BCUT2D eigenvalue weighted by Crippen LogP contribution is -2.29. The van der Waals surface area contributed by atoms with Crippen molar-refractivity contribution < 1.29 is 24.2 Å². The molecule has 0 saturated carbocycles. The fourth-order valence-corrected chi connectivity index (χ4v) is 4.90. The van der Waals surface area contributed by atoms with Gasteiger partial charge in [0, 0.05) is 29.5 Å². The second-order valence-corrected chi connectivity index (χ2v) is 8.89. The average Bonchev–Trinajstić information content (AvgIpc) is 3.19. The summed E-state index contributed by atoms with van der Waals surface area (Å²) in [5, 5.41) is 12.0. The van der Waals surface area contributed by atoms with E-state index >= 15 is 0 Å². The molecule has 1 atom stereocenters. The van der Waals surface area contributed by atoms with Gasteiger partial charge in [-0.1, -0.05) is 35.9 Å². The lowest BCUT2D eigenvalue weighted by Gasteiger charge is -2.27. The molecule has 1 heterocycles. The van der Waals surface area contributed by atoms with E-state index in [0.717, 1.165) is 18.8 Å². The van der Waals surface area contributed by atoms with Gasteiger partial charge in [0.05, 0.1) is 25.8 Å². The standard InChI is InChI=1S/C29H29ClN2O5/c1-5-31(6-2)20-15-13-18(14-16-20)26-25(27(33)24-22(36-3)11-8-12-23(24)37-4)28(34)29(35)32(26)21-10-7-9-19(30)17-21/h7-17,26,33H,5-6H2,1-4H3/b27-25+. The summed E-state index contributed by atoms with van der Waals surface area (Å²) < 4.78 is 10.9. The molecule has 8 heteroatoms. The maximum absolute atomic E-state index is 13.5. The van der Waals surface area contributed by atoms with Gasteiger partial charge in [-0.3, -0.25) is 14.5 Å². The molecule has 0 spiro atoms. The van der Waals surface area contributed by atoms with Crippen molar-refractivity contribution in [2.75, 3.05) is 37.1 Å². The third-order valence-electron chi connectivity index (χ3n) is 6.53. The smallest absolute Gasteiger partial charge is 0.300 e. The normalized spacial score (nSPS) is 16.7. The molecule has 1 amide bonds. The highest BCUT2D eigenvalue weighted by molar-refractivity contribution is 6.52. The zero-order valence-corrected chi connectivity index (χ0v) is 22.0. The van der Waals surface area contributed by atoms with Gasteiger partial charge in [-0.05, 0) is 61.9 Å². The molecule has 1 N–H and O–H groups in total. The number of nitrogens with zero attached hydrogens (tertiary/aromatic N) is 2. The van der Waals surface area contributed by atoms with Crippen LogP contribution in [-0.2, 0) is 9.59 Å². The number of Topliss-reactive ketones (excluding diaryl/α,β-unsaturated/α-hetero) is 1. The highest BCUT2D eigenvalue weighted by atomic mass is 35.5. The van der Waals surface area contributed by atoms with Crippen LogP contribution in [0.25, 0.3) is 5.76 Å². The number of benzene rings is 3. The topological polar surface area (TPSA) is 79.3 Å². The van der Waals surface area contributed by atoms with Gasteiger partial charge in [0.1, 0.15) is 22.8 Å². The second-order valence-electron chi connectivity index (χ2n) is 8.45. The molecule has 1 saturated heterocycles. The molecule has 37 heavy (non-hydrogen) atoms. The van der Waals surface area contributed by atoms with Gasteiger partial charge in [-0.2, -0.15) is 0 Å². The van der Waals surface area contributed by atoms with E-state index in [2.05, 4.69) is 18.7 Å². The fraction of sp³-hybridized carbons (Fsp3) is 0.241. The van der Waals surface area contributed by atoms with Crippen LogP contribution in [0.1, 0.15) is 31.0 Å². The maximum atomic E-state index is 13.5. The first-order valence-electron chi connectivity index (χ1n) is 12.0. The first kappa shape index (κ1) is 26.1. The number of halogens is 1. The highest BCUT2D eigenvalue weighted by Crippen LogP contribution is 2.45. The third kappa shape index (κ3) is 4.74. The summed E-state index contributed by atoms with van der Waals surface area (Å²) in [5.41, 5.74) is 2.24. The Kier molecular flexibility index (Phi) is 7.74. The van der Waals surface area contributed by atoms with Gasteiger partial charge in [0.2, 0.25) is 0 Å². The van der Waals surface area contributed by atoms with Crippen LogP contribution in [-0.4, -0.2) is 44.1 Å². The monoisotopic (exact) mass is 520 g/mol. The van der Waals surface area contributed by atoms with Gasteiger partial charge in [0.15, 0.2) is 0 Å². The molecule has 4 rings (SSSR count). The number of rotatable bonds is 8. The lowest BCUT2D eigenvalue weighted by molar-refractivity contribution is -0.132. The van der Waals surface area contributed by atoms with E-state index in [1.807, 2.05) is 24.3 Å². The van der Waals surface area contributed by atoms with E-state index in [-0.39, 0.29) is 16.9 Å². The van der Waals surface area contributed by atoms with Gasteiger partial charge in [-0.15, -0.1) is 0 Å². The number of ether oxygens (including phenoxy) is 2. The number of hydrogen-bond acceptors (Lipinski definition) is 6. The number of aliphatic hydroxyl groups is 1. The van der Waals surface area contributed by atoms with Gasteiger partial charge in [0.25, 0.3) is 11.7 Å². The minimum absolute atomic E-state index is 0.0663. The summed E-state index contributed by atoms with van der Waals surface area (Å²) in [6.45, 7) is 5.83. The van der Waals surface area contributed by atoms with E-state index < -0.39 is 17.7 Å². The average molecular weight is 521 g/mol. The van der Waals surface area contributed by atoms with Crippen LogP contribution >= 0.6 is 11.6 Å². The number of ketones is 1. The van der Waals surface area contributed by atoms with Crippen LogP contribution in [0.2, 0.25) is 5.02 Å². The first-order chi connectivity index (χ1) is 17.9. The van der Waals surface area contributed by atoms with Crippen LogP contribution in [0.5, 0.6) is 11.5 Å². The zero-order chi connectivity index (χ0) is 26.7. The Morgan fingerprint density at radius 3 is 2.08 bits per heavy atom. The van der Waals surface area contributed by atoms with Crippen molar-refractivity contribution >= 4 is 40.4 Å². The van der Waals surface area contributed by atoms with E-state index in [0.29, 0.717) is 27.8 Å². The number of hydrogen-bond donors (Lipinski definition) is 1. The van der Waals surface area contributed by atoms with Crippen LogP contribution in [0.15, 0.2) is 72.3 Å². The zero-order valence-electron chi connectivity index (χ0n) is 21.2. The molecular weight excluding hydrogens is 492 g/mol. The number of aliphatic hydroxyl groups excluding tert-OH is 1. The van der Waals surface area contributed by atoms with Crippen molar-refractivity contribution in [2.24, 2.45) is 0 Å². The Hall–Kier alpha value is -3.97. The summed E-state index contributed by atoms with van der Waals surface area (Å²) in [7, 11) is 2.92. The molecule has 192 valence electrons. The molecule has 1 aliphatic rings.